The molecule has 0 spiro atoms. The lowest BCUT2D eigenvalue weighted by molar-refractivity contribution is 0.549. The number of nitrogens with zero attached hydrogens (tertiary/aromatic N) is 1. The molecule has 0 saturated heterocycles. The van der Waals surface area contributed by atoms with Crippen LogP contribution in [-0.4, -0.2) is 19.3 Å². The third kappa shape index (κ3) is 4.26. The first-order valence-electron chi connectivity index (χ1n) is 6.63. The summed E-state index contributed by atoms with van der Waals surface area (Å²) >= 11 is 7.12. The largest absolute Gasteiger partial charge is 0.248 e. The molecule has 0 aliphatic carbocycles. The lowest BCUT2D eigenvalue weighted by Gasteiger charge is -2.15. The Kier molecular flexibility index (Phi) is 5.75. The zero-order valence-corrected chi connectivity index (χ0v) is 14.0. The van der Waals surface area contributed by atoms with Crippen LogP contribution in [0.15, 0.2) is 40.7 Å². The lowest BCUT2D eigenvalue weighted by atomic mass is 10.2. The second-order valence-corrected chi connectivity index (χ2v) is 7.55. The molecule has 0 amide bonds. The Hall–Kier alpha value is -0.950. The number of benzene rings is 1. The molecule has 0 aliphatic rings. The van der Waals surface area contributed by atoms with Crippen molar-refractivity contribution in [1.29, 1.82) is 0 Å². The van der Waals surface area contributed by atoms with Crippen LogP contribution in [0.2, 0.25) is 0 Å². The molecule has 0 aliphatic heterocycles. The van der Waals surface area contributed by atoms with Crippen molar-refractivity contribution in [3.05, 3.63) is 46.4 Å². The van der Waals surface area contributed by atoms with Crippen LogP contribution in [0, 0.1) is 0 Å². The molecule has 7 heteroatoms. The van der Waals surface area contributed by atoms with Crippen LogP contribution >= 0.6 is 22.9 Å². The van der Waals surface area contributed by atoms with E-state index in [1.165, 1.54) is 11.3 Å². The van der Waals surface area contributed by atoms with Crippen LogP contribution in [0.4, 0.5) is 0 Å². The number of hydrogen-bond donors (Lipinski definition) is 1. The topological polar surface area (TPSA) is 59.1 Å². The molecule has 1 unspecified atom stereocenters. The molecule has 4 nitrogen and oxygen atoms in total. The standard InChI is InChI=1S/C14H17ClN2O2S2/c1-2-13(14-16-9-10-20-14)17-21(18,19)12-5-3-11(4-6-12)7-8-15/h3-6,9-10,13,17H,2,7-8H2,1H3. The second kappa shape index (κ2) is 7.35. The van der Waals surface area contributed by atoms with Crippen molar-refractivity contribution >= 4 is 33.0 Å². The van der Waals surface area contributed by atoms with E-state index >= 15 is 0 Å². The van der Waals surface area contributed by atoms with Crippen LogP contribution in [0.1, 0.15) is 30.0 Å². The summed E-state index contributed by atoms with van der Waals surface area (Å²) in [6, 6.07) is 6.51. The first-order valence-corrected chi connectivity index (χ1v) is 9.53. The third-order valence-corrected chi connectivity index (χ3v) is 5.64. The number of alkyl halides is 1. The van der Waals surface area contributed by atoms with Gasteiger partial charge in [-0.1, -0.05) is 19.1 Å². The average molecular weight is 345 g/mol. The quantitative estimate of drug-likeness (QED) is 0.783. The van der Waals surface area contributed by atoms with Gasteiger partial charge in [-0.15, -0.1) is 22.9 Å². The summed E-state index contributed by atoms with van der Waals surface area (Å²) in [7, 11) is -3.55. The Morgan fingerprint density at radius 2 is 2.05 bits per heavy atom. The van der Waals surface area contributed by atoms with Gasteiger partial charge in [0.25, 0.3) is 0 Å². The first kappa shape index (κ1) is 16.4. The first-order chi connectivity index (χ1) is 10.1. The van der Waals surface area contributed by atoms with Gasteiger partial charge in [0, 0.05) is 17.5 Å². The zero-order valence-electron chi connectivity index (χ0n) is 11.6. The Balaban J connectivity index is 2.17. The van der Waals surface area contributed by atoms with Gasteiger partial charge < -0.3 is 0 Å². The number of aromatic nitrogens is 1. The highest BCUT2D eigenvalue weighted by molar-refractivity contribution is 7.89. The molecule has 1 atom stereocenters. The average Bonchev–Trinajstić information content (AvgIpc) is 3.00. The van der Waals surface area contributed by atoms with Gasteiger partial charge in [0.15, 0.2) is 0 Å². The highest BCUT2D eigenvalue weighted by Gasteiger charge is 2.21. The van der Waals surface area contributed by atoms with E-state index in [0.717, 1.165) is 17.0 Å². The van der Waals surface area contributed by atoms with Crippen molar-refractivity contribution in [2.75, 3.05) is 5.88 Å². The molecule has 2 aromatic rings. The van der Waals surface area contributed by atoms with Crippen LogP contribution in [0.3, 0.4) is 0 Å². The fourth-order valence-electron chi connectivity index (χ4n) is 1.91. The van der Waals surface area contributed by atoms with E-state index in [1.54, 1.807) is 30.5 Å². The van der Waals surface area contributed by atoms with E-state index in [-0.39, 0.29) is 10.9 Å². The van der Waals surface area contributed by atoms with Gasteiger partial charge >= 0.3 is 0 Å². The van der Waals surface area contributed by atoms with Crippen LogP contribution < -0.4 is 4.72 Å². The van der Waals surface area contributed by atoms with Crippen LogP contribution in [0.25, 0.3) is 0 Å². The summed E-state index contributed by atoms with van der Waals surface area (Å²) in [5, 5.41) is 2.62. The molecular weight excluding hydrogens is 328 g/mol. The van der Waals surface area contributed by atoms with Crippen molar-refractivity contribution in [3.8, 4) is 0 Å². The molecule has 0 fully saturated rings. The van der Waals surface area contributed by atoms with E-state index in [9.17, 15) is 8.42 Å². The Labute approximate surface area is 134 Å². The predicted molar refractivity (Wildman–Crippen MR) is 86.3 cm³/mol. The highest BCUT2D eigenvalue weighted by Crippen LogP contribution is 2.22. The van der Waals surface area contributed by atoms with Gasteiger partial charge in [0.05, 0.1) is 10.9 Å². The van der Waals surface area contributed by atoms with Gasteiger partial charge in [-0.3, -0.25) is 0 Å². The summed E-state index contributed by atoms with van der Waals surface area (Å²) in [6.07, 6.45) is 3.06. The molecule has 0 saturated carbocycles. The van der Waals surface area contributed by atoms with E-state index in [1.807, 2.05) is 12.3 Å². The summed E-state index contributed by atoms with van der Waals surface area (Å²) in [4.78, 5) is 4.44. The minimum absolute atomic E-state index is 0.260. The number of thiazole rings is 1. The smallest absolute Gasteiger partial charge is 0.241 e. The van der Waals surface area contributed by atoms with Crippen LogP contribution in [-0.2, 0) is 16.4 Å². The maximum absolute atomic E-state index is 12.4. The summed E-state index contributed by atoms with van der Waals surface area (Å²) in [5.74, 6) is 0.520. The van der Waals surface area contributed by atoms with Crippen molar-refractivity contribution in [3.63, 3.8) is 0 Å². The molecule has 1 heterocycles. The number of nitrogens with one attached hydrogen (secondary N) is 1. The number of aryl methyl sites for hydroxylation is 1. The summed E-state index contributed by atoms with van der Waals surface area (Å²) in [5.41, 5.74) is 1.02. The van der Waals surface area contributed by atoms with E-state index in [0.29, 0.717) is 12.3 Å². The van der Waals surface area contributed by atoms with Gasteiger partial charge in [-0.2, -0.15) is 0 Å². The number of rotatable bonds is 7. The SMILES string of the molecule is CCC(NS(=O)(=O)c1ccc(CCCl)cc1)c1nccs1. The van der Waals surface area contributed by atoms with Gasteiger partial charge in [0.2, 0.25) is 10.0 Å². The van der Waals surface area contributed by atoms with E-state index in [4.69, 9.17) is 11.6 Å². The molecular formula is C14H17ClN2O2S2. The minimum Gasteiger partial charge on any atom is -0.248 e. The fraction of sp³-hybridized carbons (Fsp3) is 0.357. The van der Waals surface area contributed by atoms with Crippen molar-refractivity contribution in [2.45, 2.75) is 30.7 Å². The Bertz CT molecular complexity index is 655. The molecule has 1 aromatic heterocycles. The molecule has 114 valence electrons. The number of sulfonamides is 1. The predicted octanol–water partition coefficient (Wildman–Crippen LogP) is 3.35. The number of hydrogen-bond acceptors (Lipinski definition) is 4. The van der Waals surface area contributed by atoms with Crippen molar-refractivity contribution < 1.29 is 8.42 Å². The fourth-order valence-corrected chi connectivity index (χ4v) is 4.26. The van der Waals surface area contributed by atoms with Gasteiger partial charge in [0.1, 0.15) is 5.01 Å². The molecule has 1 N–H and O–H groups in total. The molecule has 0 bridgehead atoms. The van der Waals surface area contributed by atoms with Gasteiger partial charge in [-0.25, -0.2) is 18.1 Å². The zero-order chi connectivity index (χ0) is 15.3. The molecule has 21 heavy (non-hydrogen) atoms. The van der Waals surface area contributed by atoms with Crippen molar-refractivity contribution in [1.82, 2.24) is 9.71 Å². The normalized spacial score (nSPS) is 13.2. The van der Waals surface area contributed by atoms with E-state index < -0.39 is 10.0 Å². The second-order valence-electron chi connectivity index (χ2n) is 4.54. The molecule has 0 radical (unpaired) electrons. The Morgan fingerprint density at radius 1 is 1.33 bits per heavy atom. The molecule has 2 rings (SSSR count). The van der Waals surface area contributed by atoms with Crippen LogP contribution in [0.5, 0.6) is 0 Å². The maximum atomic E-state index is 12.4. The minimum atomic E-state index is -3.55. The van der Waals surface area contributed by atoms with Crippen molar-refractivity contribution in [2.24, 2.45) is 0 Å². The summed E-state index contributed by atoms with van der Waals surface area (Å²) in [6.45, 7) is 1.93. The van der Waals surface area contributed by atoms with E-state index in [2.05, 4.69) is 9.71 Å². The lowest BCUT2D eigenvalue weighted by Crippen LogP contribution is -2.28. The highest BCUT2D eigenvalue weighted by atomic mass is 35.5. The van der Waals surface area contributed by atoms with Gasteiger partial charge in [-0.05, 0) is 30.5 Å². The Morgan fingerprint density at radius 3 is 2.57 bits per heavy atom. The number of halogens is 1. The maximum Gasteiger partial charge on any atom is 0.241 e. The summed E-state index contributed by atoms with van der Waals surface area (Å²) < 4.78 is 27.5. The monoisotopic (exact) mass is 344 g/mol. The molecule has 1 aromatic carbocycles. The third-order valence-electron chi connectivity index (χ3n) is 3.07.